The fourth-order valence-electron chi connectivity index (χ4n) is 1.10. The molecule has 0 aromatic heterocycles. The number of carbonyl (C=O) groups excluding carboxylic acids is 1. The van der Waals surface area contributed by atoms with Gasteiger partial charge in [0, 0.05) is 16.6 Å². The maximum atomic E-state index is 11.3. The molecule has 0 heterocycles. The number of amides is 2. The Morgan fingerprint density at radius 3 is 2.33 bits per heavy atom. The van der Waals surface area contributed by atoms with E-state index in [0.29, 0.717) is 0 Å². The minimum absolute atomic E-state index is 0.149. The quantitative estimate of drug-likeness (QED) is 0.775. The van der Waals surface area contributed by atoms with E-state index in [4.69, 9.17) is 0 Å². The minimum atomic E-state index is -0.165. The summed E-state index contributed by atoms with van der Waals surface area (Å²) in [5.74, 6) is 0. The Hall–Kier alpha value is -1.16. The van der Waals surface area contributed by atoms with Crippen LogP contribution in [0.25, 0.3) is 0 Å². The van der Waals surface area contributed by atoms with Crippen LogP contribution >= 0.6 is 11.8 Å². The molecule has 0 aliphatic carbocycles. The molecule has 82 valence electrons. The summed E-state index contributed by atoms with van der Waals surface area (Å²) in [6.07, 6.45) is 2.02. The maximum Gasteiger partial charge on any atom is 0.319 e. The van der Waals surface area contributed by atoms with Crippen LogP contribution in [0, 0.1) is 0 Å². The van der Waals surface area contributed by atoms with Crippen LogP contribution in [0.2, 0.25) is 0 Å². The van der Waals surface area contributed by atoms with Crippen molar-refractivity contribution in [2.45, 2.75) is 24.8 Å². The first-order valence-electron chi connectivity index (χ1n) is 4.83. The summed E-state index contributed by atoms with van der Waals surface area (Å²) in [4.78, 5) is 12.5. The van der Waals surface area contributed by atoms with Crippen molar-refractivity contribution < 1.29 is 4.79 Å². The lowest BCUT2D eigenvalue weighted by atomic mass is 10.3. The SMILES string of the molecule is CSc1ccc(NC(=O)NC(C)C)cc1. The average molecular weight is 224 g/mol. The Balaban J connectivity index is 2.53. The second-order valence-corrected chi connectivity index (χ2v) is 4.36. The molecular formula is C11H16N2OS. The zero-order valence-electron chi connectivity index (χ0n) is 9.20. The molecule has 0 aliphatic rings. The van der Waals surface area contributed by atoms with Crippen molar-refractivity contribution in [1.29, 1.82) is 0 Å². The Morgan fingerprint density at radius 2 is 1.87 bits per heavy atom. The number of carbonyl (C=O) groups is 1. The van der Waals surface area contributed by atoms with E-state index in [-0.39, 0.29) is 12.1 Å². The molecule has 0 unspecified atom stereocenters. The highest BCUT2D eigenvalue weighted by molar-refractivity contribution is 7.98. The van der Waals surface area contributed by atoms with Gasteiger partial charge < -0.3 is 10.6 Å². The number of thioether (sulfide) groups is 1. The lowest BCUT2D eigenvalue weighted by molar-refractivity contribution is 0.250. The molecule has 0 saturated heterocycles. The first kappa shape index (κ1) is 11.9. The third-order valence-electron chi connectivity index (χ3n) is 1.77. The van der Waals surface area contributed by atoms with Crippen molar-refractivity contribution >= 4 is 23.5 Å². The van der Waals surface area contributed by atoms with E-state index in [1.54, 1.807) is 11.8 Å². The van der Waals surface area contributed by atoms with E-state index in [1.807, 2.05) is 44.4 Å². The monoisotopic (exact) mass is 224 g/mol. The molecule has 2 N–H and O–H groups in total. The summed E-state index contributed by atoms with van der Waals surface area (Å²) in [6, 6.07) is 7.74. The number of benzene rings is 1. The van der Waals surface area contributed by atoms with Crippen LogP contribution in [0.15, 0.2) is 29.2 Å². The lowest BCUT2D eigenvalue weighted by Crippen LogP contribution is -2.34. The van der Waals surface area contributed by atoms with Gasteiger partial charge in [0.15, 0.2) is 0 Å². The van der Waals surface area contributed by atoms with Gasteiger partial charge in [0.1, 0.15) is 0 Å². The van der Waals surface area contributed by atoms with Crippen molar-refractivity contribution in [1.82, 2.24) is 5.32 Å². The molecule has 2 amide bonds. The summed E-state index contributed by atoms with van der Waals surface area (Å²) in [6.45, 7) is 3.85. The molecule has 0 radical (unpaired) electrons. The van der Waals surface area contributed by atoms with Crippen LogP contribution < -0.4 is 10.6 Å². The average Bonchev–Trinajstić information content (AvgIpc) is 2.17. The van der Waals surface area contributed by atoms with E-state index in [9.17, 15) is 4.79 Å². The molecule has 0 atom stereocenters. The number of nitrogens with one attached hydrogen (secondary N) is 2. The number of hydrogen-bond donors (Lipinski definition) is 2. The standard InChI is InChI=1S/C11H16N2OS/c1-8(2)12-11(14)13-9-4-6-10(15-3)7-5-9/h4-8H,1-3H3,(H2,12,13,14). The number of urea groups is 1. The normalized spacial score (nSPS) is 10.1. The summed E-state index contributed by atoms with van der Waals surface area (Å²) in [5.41, 5.74) is 0.811. The highest BCUT2D eigenvalue weighted by Crippen LogP contribution is 2.17. The smallest absolute Gasteiger partial charge is 0.319 e. The summed E-state index contributed by atoms with van der Waals surface area (Å²) < 4.78 is 0. The maximum absolute atomic E-state index is 11.3. The Morgan fingerprint density at radius 1 is 1.27 bits per heavy atom. The molecular weight excluding hydrogens is 208 g/mol. The van der Waals surface area contributed by atoms with Crippen molar-refractivity contribution in [3.05, 3.63) is 24.3 Å². The van der Waals surface area contributed by atoms with Gasteiger partial charge in [-0.05, 0) is 44.4 Å². The van der Waals surface area contributed by atoms with Crippen LogP contribution in [-0.4, -0.2) is 18.3 Å². The highest BCUT2D eigenvalue weighted by Gasteiger charge is 2.02. The van der Waals surface area contributed by atoms with Crippen LogP contribution in [0.4, 0.5) is 10.5 Å². The molecule has 15 heavy (non-hydrogen) atoms. The minimum Gasteiger partial charge on any atom is -0.336 e. The first-order valence-corrected chi connectivity index (χ1v) is 6.06. The van der Waals surface area contributed by atoms with Crippen molar-refractivity contribution in [2.75, 3.05) is 11.6 Å². The van der Waals surface area contributed by atoms with Crippen LogP contribution in [0.5, 0.6) is 0 Å². The molecule has 0 saturated carbocycles. The molecule has 0 bridgehead atoms. The second kappa shape index (κ2) is 5.66. The Labute approximate surface area is 94.6 Å². The molecule has 1 aromatic carbocycles. The van der Waals surface area contributed by atoms with E-state index < -0.39 is 0 Å². The molecule has 0 fully saturated rings. The Bertz CT molecular complexity index is 322. The molecule has 4 heteroatoms. The number of hydrogen-bond acceptors (Lipinski definition) is 2. The van der Waals surface area contributed by atoms with Gasteiger partial charge >= 0.3 is 6.03 Å². The van der Waals surface area contributed by atoms with Gasteiger partial charge in [-0.1, -0.05) is 0 Å². The Kier molecular flexibility index (Phi) is 4.49. The molecule has 1 aromatic rings. The van der Waals surface area contributed by atoms with E-state index in [1.165, 1.54) is 4.90 Å². The zero-order valence-corrected chi connectivity index (χ0v) is 10.0. The van der Waals surface area contributed by atoms with Gasteiger partial charge in [0.25, 0.3) is 0 Å². The summed E-state index contributed by atoms with van der Waals surface area (Å²) in [7, 11) is 0. The lowest BCUT2D eigenvalue weighted by Gasteiger charge is -2.10. The van der Waals surface area contributed by atoms with Gasteiger partial charge in [-0.25, -0.2) is 4.79 Å². The molecule has 0 aliphatic heterocycles. The predicted octanol–water partition coefficient (Wildman–Crippen LogP) is 2.94. The fourth-order valence-corrected chi connectivity index (χ4v) is 1.51. The van der Waals surface area contributed by atoms with Gasteiger partial charge in [-0.15, -0.1) is 11.8 Å². The first-order chi connectivity index (χ1) is 7.11. The molecule has 1 rings (SSSR count). The van der Waals surface area contributed by atoms with Gasteiger partial charge in [0.05, 0.1) is 0 Å². The van der Waals surface area contributed by atoms with Crippen LogP contribution in [0.1, 0.15) is 13.8 Å². The highest BCUT2D eigenvalue weighted by atomic mass is 32.2. The van der Waals surface area contributed by atoms with Crippen molar-refractivity contribution in [2.24, 2.45) is 0 Å². The topological polar surface area (TPSA) is 41.1 Å². The predicted molar refractivity (Wildman–Crippen MR) is 65.5 cm³/mol. The van der Waals surface area contributed by atoms with Crippen LogP contribution in [-0.2, 0) is 0 Å². The second-order valence-electron chi connectivity index (χ2n) is 3.48. The van der Waals surface area contributed by atoms with Gasteiger partial charge in [-0.2, -0.15) is 0 Å². The number of rotatable bonds is 3. The van der Waals surface area contributed by atoms with Crippen LogP contribution in [0.3, 0.4) is 0 Å². The summed E-state index contributed by atoms with van der Waals surface area (Å²) in [5, 5.41) is 5.53. The van der Waals surface area contributed by atoms with E-state index in [0.717, 1.165) is 5.69 Å². The van der Waals surface area contributed by atoms with Crippen molar-refractivity contribution in [3.63, 3.8) is 0 Å². The van der Waals surface area contributed by atoms with Crippen molar-refractivity contribution in [3.8, 4) is 0 Å². The fraction of sp³-hybridized carbons (Fsp3) is 0.364. The zero-order chi connectivity index (χ0) is 11.3. The van der Waals surface area contributed by atoms with Gasteiger partial charge in [0.2, 0.25) is 0 Å². The van der Waals surface area contributed by atoms with Gasteiger partial charge in [-0.3, -0.25) is 0 Å². The number of anilines is 1. The van der Waals surface area contributed by atoms with E-state index in [2.05, 4.69) is 10.6 Å². The third kappa shape index (κ3) is 4.25. The van der Waals surface area contributed by atoms with E-state index >= 15 is 0 Å². The molecule has 0 spiro atoms. The third-order valence-corrected chi connectivity index (χ3v) is 2.51. The summed E-state index contributed by atoms with van der Waals surface area (Å²) >= 11 is 1.68. The largest absolute Gasteiger partial charge is 0.336 e. The molecule has 3 nitrogen and oxygen atoms in total.